The minimum Gasteiger partial charge on any atom is -0.378 e. The molecule has 0 amide bonds. The molecule has 2 heterocycles. The quantitative estimate of drug-likeness (QED) is 0.498. The molecular weight excluding hydrogens is 336 g/mol. The highest BCUT2D eigenvalue weighted by Gasteiger charge is 2.17. The standard InChI is InChI=1S/C17H20N6O3/c1-12-9-13(2)20-17(19-12)21-18-11-14-10-15(23(24)25)3-4-16(14)22-5-7-26-8-6-22/h3-4,9-11H,5-8H2,1-2H3,(H,19,20,21)/b18-11-. The van der Waals surface area contributed by atoms with Crippen molar-refractivity contribution < 1.29 is 9.66 Å². The fourth-order valence-electron chi connectivity index (χ4n) is 2.79. The zero-order chi connectivity index (χ0) is 18.5. The lowest BCUT2D eigenvalue weighted by atomic mass is 10.1. The number of nitrogens with one attached hydrogen (secondary N) is 1. The minimum absolute atomic E-state index is 0.0195. The van der Waals surface area contributed by atoms with E-state index in [-0.39, 0.29) is 5.69 Å². The van der Waals surface area contributed by atoms with Crippen molar-refractivity contribution in [2.75, 3.05) is 36.6 Å². The Morgan fingerprint density at radius 3 is 2.58 bits per heavy atom. The average molecular weight is 356 g/mol. The first-order chi connectivity index (χ1) is 12.5. The van der Waals surface area contributed by atoms with Crippen LogP contribution in [0.4, 0.5) is 17.3 Å². The SMILES string of the molecule is Cc1cc(C)nc(N/N=C\c2cc([N+](=O)[O-])ccc2N2CCOCC2)n1. The van der Waals surface area contributed by atoms with Gasteiger partial charge in [0.05, 0.1) is 24.4 Å². The second kappa shape index (κ2) is 7.87. The summed E-state index contributed by atoms with van der Waals surface area (Å²) in [6.07, 6.45) is 1.55. The van der Waals surface area contributed by atoms with Crippen LogP contribution in [0, 0.1) is 24.0 Å². The monoisotopic (exact) mass is 356 g/mol. The summed E-state index contributed by atoms with van der Waals surface area (Å²) in [5.41, 5.74) is 6.00. The molecule has 1 N–H and O–H groups in total. The van der Waals surface area contributed by atoms with Crippen LogP contribution in [0.25, 0.3) is 0 Å². The molecule has 2 aromatic rings. The van der Waals surface area contributed by atoms with Gasteiger partial charge in [-0.1, -0.05) is 0 Å². The molecule has 0 aliphatic carbocycles. The highest BCUT2D eigenvalue weighted by molar-refractivity contribution is 5.89. The van der Waals surface area contributed by atoms with Gasteiger partial charge in [-0.15, -0.1) is 0 Å². The van der Waals surface area contributed by atoms with E-state index in [1.807, 2.05) is 19.9 Å². The van der Waals surface area contributed by atoms with Gasteiger partial charge in [0.15, 0.2) is 0 Å². The predicted molar refractivity (Wildman–Crippen MR) is 98.9 cm³/mol. The summed E-state index contributed by atoms with van der Waals surface area (Å²) in [7, 11) is 0. The zero-order valence-corrected chi connectivity index (χ0v) is 14.7. The lowest BCUT2D eigenvalue weighted by Crippen LogP contribution is -2.36. The van der Waals surface area contributed by atoms with E-state index >= 15 is 0 Å². The van der Waals surface area contributed by atoms with Crippen LogP contribution in [-0.4, -0.2) is 47.4 Å². The lowest BCUT2D eigenvalue weighted by Gasteiger charge is -2.29. The number of aryl methyl sites for hydroxylation is 2. The summed E-state index contributed by atoms with van der Waals surface area (Å²) in [5.74, 6) is 0.386. The molecule has 0 radical (unpaired) electrons. The third-order valence-corrected chi connectivity index (χ3v) is 3.92. The van der Waals surface area contributed by atoms with Crippen LogP contribution in [0.2, 0.25) is 0 Å². The van der Waals surface area contributed by atoms with Gasteiger partial charge in [0.2, 0.25) is 5.95 Å². The van der Waals surface area contributed by atoms with Crippen LogP contribution in [0.15, 0.2) is 29.4 Å². The smallest absolute Gasteiger partial charge is 0.270 e. The average Bonchev–Trinajstić information content (AvgIpc) is 2.61. The van der Waals surface area contributed by atoms with E-state index in [2.05, 4.69) is 25.4 Å². The highest BCUT2D eigenvalue weighted by Crippen LogP contribution is 2.25. The number of nitrogens with zero attached hydrogens (tertiary/aromatic N) is 5. The van der Waals surface area contributed by atoms with Crippen LogP contribution >= 0.6 is 0 Å². The Morgan fingerprint density at radius 1 is 1.23 bits per heavy atom. The van der Waals surface area contributed by atoms with Crippen LogP contribution in [-0.2, 0) is 4.74 Å². The Morgan fingerprint density at radius 2 is 1.92 bits per heavy atom. The van der Waals surface area contributed by atoms with E-state index in [0.717, 1.165) is 30.2 Å². The first-order valence-electron chi connectivity index (χ1n) is 8.25. The van der Waals surface area contributed by atoms with Gasteiger partial charge in [0.25, 0.3) is 5.69 Å². The second-order valence-corrected chi connectivity index (χ2v) is 5.94. The maximum absolute atomic E-state index is 11.1. The van der Waals surface area contributed by atoms with E-state index in [0.29, 0.717) is 24.7 Å². The molecule has 1 aliphatic heterocycles. The largest absolute Gasteiger partial charge is 0.378 e. The van der Waals surface area contributed by atoms with Crippen LogP contribution in [0.3, 0.4) is 0 Å². The van der Waals surface area contributed by atoms with Crippen LogP contribution in [0.5, 0.6) is 0 Å². The molecule has 1 aromatic carbocycles. The molecule has 0 bridgehead atoms. The number of hydrogen-bond acceptors (Lipinski definition) is 8. The van der Waals surface area contributed by atoms with E-state index in [1.54, 1.807) is 12.3 Å². The highest BCUT2D eigenvalue weighted by atomic mass is 16.6. The Hall–Kier alpha value is -3.07. The summed E-state index contributed by atoms with van der Waals surface area (Å²) in [4.78, 5) is 21.3. The van der Waals surface area contributed by atoms with E-state index in [1.165, 1.54) is 12.1 Å². The number of rotatable bonds is 5. The molecule has 1 aromatic heterocycles. The van der Waals surface area contributed by atoms with Crippen LogP contribution in [0.1, 0.15) is 17.0 Å². The molecule has 3 rings (SSSR count). The van der Waals surface area contributed by atoms with Crippen molar-refractivity contribution in [2.24, 2.45) is 5.10 Å². The van der Waals surface area contributed by atoms with E-state index in [9.17, 15) is 10.1 Å². The molecule has 9 nitrogen and oxygen atoms in total. The number of nitro benzene ring substituents is 1. The van der Waals surface area contributed by atoms with E-state index in [4.69, 9.17) is 4.74 Å². The Labute approximate surface area is 150 Å². The van der Waals surface area contributed by atoms with Gasteiger partial charge in [-0.3, -0.25) is 10.1 Å². The maximum atomic E-state index is 11.1. The Bertz CT molecular complexity index is 813. The van der Waals surface area contributed by atoms with Crippen LogP contribution < -0.4 is 10.3 Å². The van der Waals surface area contributed by atoms with Crippen molar-refractivity contribution in [1.29, 1.82) is 0 Å². The molecule has 1 saturated heterocycles. The predicted octanol–water partition coefficient (Wildman–Crippen LogP) is 2.28. The molecule has 9 heteroatoms. The first kappa shape index (κ1) is 17.7. The fraction of sp³-hybridized carbons (Fsp3) is 0.353. The number of benzene rings is 1. The first-order valence-corrected chi connectivity index (χ1v) is 8.25. The summed E-state index contributed by atoms with van der Waals surface area (Å²) < 4.78 is 5.37. The number of non-ortho nitro benzene ring substituents is 1. The Kier molecular flexibility index (Phi) is 5.37. The van der Waals surface area contributed by atoms with Gasteiger partial charge in [-0.25, -0.2) is 15.4 Å². The van der Waals surface area contributed by atoms with Crippen molar-refractivity contribution in [3.05, 3.63) is 51.3 Å². The number of hydrogen-bond donors (Lipinski definition) is 1. The number of ether oxygens (including phenoxy) is 1. The van der Waals surface area contributed by atoms with Crippen molar-refractivity contribution >= 4 is 23.5 Å². The number of anilines is 2. The normalized spacial score (nSPS) is 14.6. The fourth-order valence-corrected chi connectivity index (χ4v) is 2.79. The van der Waals surface area contributed by atoms with Gasteiger partial charge in [0, 0.05) is 47.9 Å². The van der Waals surface area contributed by atoms with Gasteiger partial charge in [0.1, 0.15) is 0 Å². The molecule has 26 heavy (non-hydrogen) atoms. The topological polar surface area (TPSA) is 106 Å². The summed E-state index contributed by atoms with van der Waals surface area (Å²) in [5, 5.41) is 15.3. The molecule has 0 spiro atoms. The van der Waals surface area contributed by atoms with Crippen molar-refractivity contribution in [2.45, 2.75) is 13.8 Å². The van der Waals surface area contributed by atoms with Crippen molar-refractivity contribution in [1.82, 2.24) is 9.97 Å². The number of morpholine rings is 1. The minimum atomic E-state index is -0.416. The van der Waals surface area contributed by atoms with Crippen molar-refractivity contribution in [3.63, 3.8) is 0 Å². The molecule has 0 unspecified atom stereocenters. The molecule has 1 fully saturated rings. The third kappa shape index (κ3) is 4.31. The van der Waals surface area contributed by atoms with Gasteiger partial charge >= 0.3 is 0 Å². The van der Waals surface area contributed by atoms with Gasteiger partial charge < -0.3 is 9.64 Å². The van der Waals surface area contributed by atoms with Crippen molar-refractivity contribution in [3.8, 4) is 0 Å². The van der Waals surface area contributed by atoms with Gasteiger partial charge in [-0.05, 0) is 26.0 Å². The molecular formula is C17H20N6O3. The number of nitro groups is 1. The third-order valence-electron chi connectivity index (χ3n) is 3.92. The molecule has 136 valence electrons. The molecule has 0 saturated carbocycles. The summed E-state index contributed by atoms with van der Waals surface area (Å²) in [6, 6.07) is 6.63. The zero-order valence-electron chi connectivity index (χ0n) is 14.7. The second-order valence-electron chi connectivity index (χ2n) is 5.94. The number of hydrazone groups is 1. The Balaban J connectivity index is 1.85. The lowest BCUT2D eigenvalue weighted by molar-refractivity contribution is -0.384. The summed E-state index contributed by atoms with van der Waals surface area (Å²) in [6.45, 7) is 6.46. The molecule has 0 atom stereocenters. The maximum Gasteiger partial charge on any atom is 0.270 e. The molecule has 1 aliphatic rings. The van der Waals surface area contributed by atoms with Gasteiger partial charge in [-0.2, -0.15) is 5.10 Å². The summed E-state index contributed by atoms with van der Waals surface area (Å²) >= 11 is 0. The van der Waals surface area contributed by atoms with E-state index < -0.39 is 4.92 Å². The number of aromatic nitrogens is 2.